The fourth-order valence-electron chi connectivity index (χ4n) is 2.30. The molecule has 7 heteroatoms. The van der Waals surface area contributed by atoms with Gasteiger partial charge in [-0.1, -0.05) is 26.8 Å². The monoisotopic (exact) mass is 362 g/mol. The average Bonchev–Trinajstić information content (AvgIpc) is 3.25. The van der Waals surface area contributed by atoms with Gasteiger partial charge in [0.2, 0.25) is 0 Å². The molecular formula is C18H30N6S. The number of hydrogen-bond acceptors (Lipinski definition) is 4. The highest BCUT2D eigenvalue weighted by molar-refractivity contribution is 7.09. The number of aryl methyl sites for hydroxylation is 1. The Labute approximate surface area is 154 Å². The lowest BCUT2D eigenvalue weighted by atomic mass is 10.1. The first-order valence-electron chi connectivity index (χ1n) is 9.04. The van der Waals surface area contributed by atoms with Gasteiger partial charge in [0.05, 0.1) is 0 Å². The van der Waals surface area contributed by atoms with Crippen LogP contribution in [0.1, 0.15) is 38.4 Å². The van der Waals surface area contributed by atoms with E-state index in [9.17, 15) is 0 Å². The maximum Gasteiger partial charge on any atom is 0.191 e. The van der Waals surface area contributed by atoms with E-state index in [2.05, 4.69) is 70.6 Å². The van der Waals surface area contributed by atoms with E-state index < -0.39 is 0 Å². The molecule has 2 rings (SSSR count). The van der Waals surface area contributed by atoms with Crippen molar-refractivity contribution in [1.82, 2.24) is 25.4 Å². The minimum absolute atomic E-state index is 0.370. The van der Waals surface area contributed by atoms with Crippen molar-refractivity contribution < 1.29 is 0 Å². The molecule has 25 heavy (non-hydrogen) atoms. The van der Waals surface area contributed by atoms with Gasteiger partial charge in [-0.25, -0.2) is 0 Å². The minimum atomic E-state index is 0.370. The molecule has 0 aliphatic heterocycles. The van der Waals surface area contributed by atoms with Crippen LogP contribution in [0.4, 0.5) is 0 Å². The second-order valence-corrected chi connectivity index (χ2v) is 7.49. The Bertz CT molecular complexity index is 632. The van der Waals surface area contributed by atoms with Gasteiger partial charge < -0.3 is 15.2 Å². The summed E-state index contributed by atoms with van der Waals surface area (Å²) in [5.41, 5.74) is 0. The fraction of sp³-hybridized carbons (Fsp3) is 0.611. The van der Waals surface area contributed by atoms with Crippen LogP contribution in [0.3, 0.4) is 0 Å². The van der Waals surface area contributed by atoms with Crippen LogP contribution >= 0.6 is 11.3 Å². The van der Waals surface area contributed by atoms with E-state index in [1.54, 1.807) is 17.7 Å². The van der Waals surface area contributed by atoms with Crippen LogP contribution in [0.2, 0.25) is 0 Å². The molecule has 0 aliphatic carbocycles. The molecule has 138 valence electrons. The molecule has 0 amide bonds. The SMILES string of the molecule is CCc1nncn1CCNC(=NCCc1cccs1)NC(C)C(C)C. The number of guanidine groups is 1. The van der Waals surface area contributed by atoms with Crippen LogP contribution in [-0.2, 0) is 19.4 Å². The van der Waals surface area contributed by atoms with Crippen LogP contribution in [0, 0.1) is 5.92 Å². The first-order valence-corrected chi connectivity index (χ1v) is 9.92. The van der Waals surface area contributed by atoms with E-state index in [0.29, 0.717) is 12.0 Å². The fourth-order valence-corrected chi connectivity index (χ4v) is 3.00. The molecule has 2 heterocycles. The van der Waals surface area contributed by atoms with Gasteiger partial charge in [0.1, 0.15) is 12.2 Å². The van der Waals surface area contributed by atoms with Crippen molar-refractivity contribution in [3.8, 4) is 0 Å². The Balaban J connectivity index is 1.88. The van der Waals surface area contributed by atoms with Gasteiger partial charge in [0.25, 0.3) is 0 Å². The van der Waals surface area contributed by atoms with Crippen LogP contribution < -0.4 is 10.6 Å². The number of hydrogen-bond donors (Lipinski definition) is 2. The van der Waals surface area contributed by atoms with Gasteiger partial charge in [0.15, 0.2) is 5.96 Å². The Morgan fingerprint density at radius 1 is 1.36 bits per heavy atom. The Morgan fingerprint density at radius 2 is 2.20 bits per heavy atom. The molecule has 0 saturated carbocycles. The first-order chi connectivity index (χ1) is 12.1. The summed E-state index contributed by atoms with van der Waals surface area (Å²) < 4.78 is 2.09. The van der Waals surface area contributed by atoms with Gasteiger partial charge in [-0.3, -0.25) is 4.99 Å². The van der Waals surface area contributed by atoms with E-state index in [0.717, 1.165) is 44.3 Å². The highest BCUT2D eigenvalue weighted by atomic mass is 32.1. The molecule has 0 spiro atoms. The number of aromatic nitrogens is 3. The molecule has 1 atom stereocenters. The third-order valence-corrected chi connectivity index (χ3v) is 5.17. The van der Waals surface area contributed by atoms with E-state index in [1.165, 1.54) is 4.88 Å². The lowest BCUT2D eigenvalue weighted by molar-refractivity contribution is 0.479. The van der Waals surface area contributed by atoms with Crippen molar-refractivity contribution in [3.05, 3.63) is 34.5 Å². The predicted molar refractivity (Wildman–Crippen MR) is 105 cm³/mol. The number of rotatable bonds is 9. The zero-order chi connectivity index (χ0) is 18.1. The zero-order valence-electron chi connectivity index (χ0n) is 15.7. The van der Waals surface area contributed by atoms with Crippen molar-refractivity contribution in [2.75, 3.05) is 13.1 Å². The van der Waals surface area contributed by atoms with Crippen molar-refractivity contribution in [3.63, 3.8) is 0 Å². The third-order valence-electron chi connectivity index (χ3n) is 4.23. The Morgan fingerprint density at radius 3 is 2.88 bits per heavy atom. The molecule has 0 aliphatic rings. The summed E-state index contributed by atoms with van der Waals surface area (Å²) in [5, 5.41) is 17.2. The molecule has 0 radical (unpaired) electrons. The topological polar surface area (TPSA) is 67.1 Å². The lowest BCUT2D eigenvalue weighted by Crippen LogP contribution is -2.45. The quantitative estimate of drug-likeness (QED) is 0.532. The molecule has 2 aromatic rings. The molecule has 2 N–H and O–H groups in total. The summed E-state index contributed by atoms with van der Waals surface area (Å²) in [5.74, 6) is 2.44. The summed E-state index contributed by atoms with van der Waals surface area (Å²) in [7, 11) is 0. The van der Waals surface area contributed by atoms with Gasteiger partial charge in [-0.2, -0.15) is 0 Å². The van der Waals surface area contributed by atoms with Crippen molar-refractivity contribution >= 4 is 17.3 Å². The second kappa shape index (κ2) is 10.2. The summed E-state index contributed by atoms with van der Waals surface area (Å²) >= 11 is 1.79. The standard InChI is InChI=1S/C18H30N6S/c1-5-17-23-21-13-24(17)11-10-20-18(22-15(4)14(2)3)19-9-8-16-7-6-12-25-16/h6-7,12-15H,5,8-11H2,1-4H3,(H2,19,20,22). The third kappa shape index (κ3) is 6.49. The normalized spacial score (nSPS) is 13.2. The molecule has 0 bridgehead atoms. The number of nitrogens with one attached hydrogen (secondary N) is 2. The highest BCUT2D eigenvalue weighted by Crippen LogP contribution is 2.08. The van der Waals surface area contributed by atoms with Crippen LogP contribution in [0.5, 0.6) is 0 Å². The van der Waals surface area contributed by atoms with Gasteiger partial charge in [0, 0.05) is 43.4 Å². The van der Waals surface area contributed by atoms with Crippen LogP contribution in [0.25, 0.3) is 0 Å². The highest BCUT2D eigenvalue weighted by Gasteiger charge is 2.09. The summed E-state index contributed by atoms with van der Waals surface area (Å²) in [6.45, 7) is 11.1. The molecule has 6 nitrogen and oxygen atoms in total. The predicted octanol–water partition coefficient (Wildman–Crippen LogP) is 2.72. The smallest absolute Gasteiger partial charge is 0.191 e. The molecule has 0 saturated heterocycles. The number of thiophene rings is 1. The summed E-state index contributed by atoms with van der Waals surface area (Å²) in [4.78, 5) is 6.12. The minimum Gasteiger partial charge on any atom is -0.355 e. The van der Waals surface area contributed by atoms with E-state index in [4.69, 9.17) is 4.99 Å². The Kier molecular flexibility index (Phi) is 7.91. The largest absolute Gasteiger partial charge is 0.355 e. The summed E-state index contributed by atoms with van der Waals surface area (Å²) in [6.07, 6.45) is 3.66. The average molecular weight is 363 g/mol. The molecular weight excluding hydrogens is 332 g/mol. The number of aliphatic imine (C=N–C) groups is 1. The van der Waals surface area contributed by atoms with Crippen LogP contribution in [-0.4, -0.2) is 39.9 Å². The van der Waals surface area contributed by atoms with E-state index in [-0.39, 0.29) is 0 Å². The van der Waals surface area contributed by atoms with E-state index >= 15 is 0 Å². The van der Waals surface area contributed by atoms with Gasteiger partial charge in [-0.05, 0) is 24.3 Å². The van der Waals surface area contributed by atoms with Gasteiger partial charge >= 0.3 is 0 Å². The van der Waals surface area contributed by atoms with Gasteiger partial charge in [-0.15, -0.1) is 21.5 Å². The summed E-state index contributed by atoms with van der Waals surface area (Å²) in [6, 6.07) is 4.62. The maximum absolute atomic E-state index is 4.74. The lowest BCUT2D eigenvalue weighted by Gasteiger charge is -2.21. The van der Waals surface area contributed by atoms with Crippen molar-refractivity contribution in [2.24, 2.45) is 10.9 Å². The molecule has 0 aromatic carbocycles. The van der Waals surface area contributed by atoms with E-state index in [1.807, 2.05) is 0 Å². The second-order valence-electron chi connectivity index (χ2n) is 6.46. The zero-order valence-corrected chi connectivity index (χ0v) is 16.5. The molecule has 1 unspecified atom stereocenters. The Hall–Kier alpha value is -1.89. The maximum atomic E-state index is 4.74. The van der Waals surface area contributed by atoms with Crippen LogP contribution in [0.15, 0.2) is 28.8 Å². The first kappa shape index (κ1) is 19.4. The molecule has 0 fully saturated rings. The van der Waals surface area contributed by atoms with Crippen molar-refractivity contribution in [1.29, 1.82) is 0 Å². The van der Waals surface area contributed by atoms with Crippen molar-refractivity contribution in [2.45, 2.75) is 53.1 Å². The molecule has 2 aromatic heterocycles. The number of nitrogens with zero attached hydrogens (tertiary/aromatic N) is 4.